The van der Waals surface area contributed by atoms with Crippen molar-refractivity contribution < 1.29 is 4.79 Å². The van der Waals surface area contributed by atoms with Gasteiger partial charge >= 0.3 is 0 Å². The zero-order valence-electron chi connectivity index (χ0n) is 15.8. The van der Waals surface area contributed by atoms with Crippen LogP contribution in [0.5, 0.6) is 0 Å². The molecule has 7 heteroatoms. The summed E-state index contributed by atoms with van der Waals surface area (Å²) in [5.74, 6) is -0.242. The number of hydrogen-bond acceptors (Lipinski definition) is 4. The molecule has 2 aromatic carbocycles. The Morgan fingerprint density at radius 3 is 2.69 bits per heavy atom. The van der Waals surface area contributed by atoms with Crippen LogP contribution in [0.25, 0.3) is 33.3 Å². The van der Waals surface area contributed by atoms with Gasteiger partial charge in [-0.15, -0.1) is 0 Å². The number of fused-ring (bicyclic) bond motifs is 2. The van der Waals surface area contributed by atoms with Crippen molar-refractivity contribution in [1.82, 2.24) is 24.4 Å². The van der Waals surface area contributed by atoms with Crippen molar-refractivity contribution in [3.8, 4) is 11.3 Å². The summed E-state index contributed by atoms with van der Waals surface area (Å²) in [6, 6.07) is 19.3. The molecule has 0 aliphatic heterocycles. The standard InChI is InChI=1S/C22H18N6O/c1-2-27-21-17(13-24-27)16(12-19(25-21)15-8-4-3-5-9-15)22(29)26-28-14-23-18-10-6-7-11-20(18)28/h3-14H,2H2,1H3,(H,26,29). The van der Waals surface area contributed by atoms with E-state index in [2.05, 4.69) is 15.5 Å². The number of amides is 1. The van der Waals surface area contributed by atoms with Gasteiger partial charge in [0.2, 0.25) is 0 Å². The molecule has 3 heterocycles. The van der Waals surface area contributed by atoms with Crippen molar-refractivity contribution in [3.05, 3.63) is 78.8 Å². The molecule has 0 saturated carbocycles. The Labute approximate surface area is 166 Å². The Balaban J connectivity index is 1.63. The molecule has 0 aliphatic rings. The van der Waals surface area contributed by atoms with Crippen LogP contribution in [0.3, 0.4) is 0 Å². The van der Waals surface area contributed by atoms with E-state index in [0.29, 0.717) is 23.1 Å². The monoisotopic (exact) mass is 382 g/mol. The van der Waals surface area contributed by atoms with Crippen molar-refractivity contribution in [3.63, 3.8) is 0 Å². The fraction of sp³-hybridized carbons (Fsp3) is 0.0909. The topological polar surface area (TPSA) is 77.6 Å². The summed E-state index contributed by atoms with van der Waals surface area (Å²) < 4.78 is 3.43. The highest BCUT2D eigenvalue weighted by atomic mass is 16.2. The van der Waals surface area contributed by atoms with Crippen LogP contribution in [-0.2, 0) is 6.54 Å². The second-order valence-corrected chi connectivity index (χ2v) is 6.66. The van der Waals surface area contributed by atoms with Crippen LogP contribution in [-0.4, -0.2) is 30.3 Å². The van der Waals surface area contributed by atoms with Crippen LogP contribution >= 0.6 is 0 Å². The van der Waals surface area contributed by atoms with Gasteiger partial charge in [0.25, 0.3) is 5.91 Å². The number of rotatable bonds is 4. The highest BCUT2D eigenvalue weighted by Crippen LogP contribution is 2.25. The first-order chi connectivity index (χ1) is 14.2. The maximum absolute atomic E-state index is 13.2. The molecule has 1 amide bonds. The van der Waals surface area contributed by atoms with Gasteiger partial charge in [-0.25, -0.2) is 19.3 Å². The third kappa shape index (κ3) is 2.93. The molecule has 0 aliphatic carbocycles. The highest BCUT2D eigenvalue weighted by molar-refractivity contribution is 6.10. The quantitative estimate of drug-likeness (QED) is 0.512. The molecule has 0 radical (unpaired) electrons. The number of carbonyl (C=O) groups is 1. The lowest BCUT2D eigenvalue weighted by molar-refractivity contribution is 0.101. The number of pyridine rings is 1. The van der Waals surface area contributed by atoms with E-state index in [-0.39, 0.29) is 5.91 Å². The molecular formula is C22H18N6O. The molecule has 0 saturated heterocycles. The first-order valence-corrected chi connectivity index (χ1v) is 9.40. The van der Waals surface area contributed by atoms with Gasteiger partial charge in [0.05, 0.1) is 33.9 Å². The van der Waals surface area contributed by atoms with Gasteiger partial charge in [-0.05, 0) is 25.1 Å². The van der Waals surface area contributed by atoms with E-state index < -0.39 is 0 Å². The minimum Gasteiger partial charge on any atom is -0.267 e. The van der Waals surface area contributed by atoms with Crippen molar-refractivity contribution >= 4 is 28.0 Å². The van der Waals surface area contributed by atoms with Gasteiger partial charge in [-0.2, -0.15) is 5.10 Å². The molecule has 142 valence electrons. The molecule has 3 aromatic heterocycles. The van der Waals surface area contributed by atoms with E-state index in [1.165, 1.54) is 0 Å². The highest BCUT2D eigenvalue weighted by Gasteiger charge is 2.18. The summed E-state index contributed by atoms with van der Waals surface area (Å²) in [5.41, 5.74) is 7.46. The molecular weight excluding hydrogens is 364 g/mol. The van der Waals surface area contributed by atoms with Crippen LogP contribution in [0.2, 0.25) is 0 Å². The zero-order valence-corrected chi connectivity index (χ0v) is 15.8. The second-order valence-electron chi connectivity index (χ2n) is 6.66. The summed E-state index contributed by atoms with van der Waals surface area (Å²) in [7, 11) is 0. The fourth-order valence-corrected chi connectivity index (χ4v) is 3.44. The van der Waals surface area contributed by atoms with Gasteiger partial charge < -0.3 is 0 Å². The van der Waals surface area contributed by atoms with Crippen LogP contribution in [0.1, 0.15) is 17.3 Å². The van der Waals surface area contributed by atoms with E-state index in [9.17, 15) is 4.79 Å². The number of imidazole rings is 1. The summed E-state index contributed by atoms with van der Waals surface area (Å²) >= 11 is 0. The molecule has 5 rings (SSSR count). The lowest BCUT2D eigenvalue weighted by atomic mass is 10.1. The number of aryl methyl sites for hydroxylation is 1. The van der Waals surface area contributed by atoms with Gasteiger partial charge in [0, 0.05) is 12.1 Å². The third-order valence-electron chi connectivity index (χ3n) is 4.90. The fourth-order valence-electron chi connectivity index (χ4n) is 3.44. The van der Waals surface area contributed by atoms with E-state index >= 15 is 0 Å². The maximum Gasteiger partial charge on any atom is 0.271 e. The van der Waals surface area contributed by atoms with Crippen LogP contribution in [0.15, 0.2) is 73.2 Å². The van der Waals surface area contributed by atoms with Gasteiger partial charge in [-0.1, -0.05) is 42.5 Å². The predicted molar refractivity (Wildman–Crippen MR) is 112 cm³/mol. The van der Waals surface area contributed by atoms with Gasteiger partial charge in [0.15, 0.2) is 5.65 Å². The molecule has 0 spiro atoms. The first-order valence-electron chi connectivity index (χ1n) is 9.40. The Kier molecular flexibility index (Phi) is 4.05. The second kappa shape index (κ2) is 6.87. The Morgan fingerprint density at radius 1 is 1.07 bits per heavy atom. The minimum absolute atomic E-state index is 0.242. The average molecular weight is 382 g/mol. The largest absolute Gasteiger partial charge is 0.271 e. The van der Waals surface area contributed by atoms with E-state index in [1.54, 1.807) is 21.9 Å². The van der Waals surface area contributed by atoms with Crippen molar-refractivity contribution in [2.45, 2.75) is 13.5 Å². The first kappa shape index (κ1) is 17.1. The number of para-hydroxylation sites is 2. The van der Waals surface area contributed by atoms with Crippen molar-refractivity contribution in [2.75, 3.05) is 5.43 Å². The number of hydrogen-bond donors (Lipinski definition) is 1. The SMILES string of the molecule is CCn1ncc2c(C(=O)Nn3cnc4ccccc43)cc(-c3ccccc3)nc21. The number of aromatic nitrogens is 5. The number of nitrogens with one attached hydrogen (secondary N) is 1. The summed E-state index contributed by atoms with van der Waals surface area (Å²) in [6.07, 6.45) is 3.30. The normalized spacial score (nSPS) is 11.2. The zero-order chi connectivity index (χ0) is 19.8. The molecule has 1 N–H and O–H groups in total. The van der Waals surface area contributed by atoms with Crippen LogP contribution in [0.4, 0.5) is 0 Å². The van der Waals surface area contributed by atoms with E-state index in [4.69, 9.17) is 4.98 Å². The Morgan fingerprint density at radius 2 is 1.86 bits per heavy atom. The van der Waals surface area contributed by atoms with E-state index in [1.807, 2.05) is 67.6 Å². The molecule has 7 nitrogen and oxygen atoms in total. The van der Waals surface area contributed by atoms with Gasteiger partial charge in [0.1, 0.15) is 6.33 Å². The maximum atomic E-state index is 13.2. The van der Waals surface area contributed by atoms with Crippen molar-refractivity contribution in [2.24, 2.45) is 0 Å². The van der Waals surface area contributed by atoms with Crippen LogP contribution < -0.4 is 5.43 Å². The lowest BCUT2D eigenvalue weighted by Gasteiger charge is -2.10. The van der Waals surface area contributed by atoms with E-state index in [0.717, 1.165) is 22.3 Å². The summed E-state index contributed by atoms with van der Waals surface area (Å²) in [6.45, 7) is 2.67. The average Bonchev–Trinajstić information content (AvgIpc) is 3.37. The van der Waals surface area contributed by atoms with Crippen LogP contribution in [0, 0.1) is 0 Å². The molecule has 29 heavy (non-hydrogen) atoms. The minimum atomic E-state index is -0.242. The number of carbonyl (C=O) groups excluding carboxylic acids is 1. The molecule has 0 fully saturated rings. The third-order valence-corrected chi connectivity index (χ3v) is 4.90. The number of benzene rings is 2. The summed E-state index contributed by atoms with van der Waals surface area (Å²) in [4.78, 5) is 22.3. The Bertz CT molecular complexity index is 1340. The molecule has 0 unspecified atom stereocenters. The van der Waals surface area contributed by atoms with Crippen molar-refractivity contribution in [1.29, 1.82) is 0 Å². The molecule has 0 bridgehead atoms. The van der Waals surface area contributed by atoms with Gasteiger partial charge in [-0.3, -0.25) is 10.2 Å². The smallest absolute Gasteiger partial charge is 0.267 e. The summed E-state index contributed by atoms with van der Waals surface area (Å²) in [5, 5.41) is 5.11. The number of nitrogens with zero attached hydrogens (tertiary/aromatic N) is 5. The molecule has 5 aromatic rings. The predicted octanol–water partition coefficient (Wildman–Crippen LogP) is 3.85. The lowest BCUT2D eigenvalue weighted by Crippen LogP contribution is -2.22. The Hall–Kier alpha value is -4.00. The molecule has 0 atom stereocenters.